The first-order valence-corrected chi connectivity index (χ1v) is 9.61. The van der Waals surface area contributed by atoms with Gasteiger partial charge in [0.1, 0.15) is 5.75 Å². The fraction of sp³-hybridized carbons (Fsp3) is 0.222. The van der Waals surface area contributed by atoms with Gasteiger partial charge in [0.05, 0.1) is 33.3 Å². The molecule has 146 valence electrons. The number of nitrogens with one attached hydrogen (secondary N) is 2. The molecule has 0 saturated carbocycles. The second kappa shape index (κ2) is 6.93. The number of imidazole rings is 1. The topological polar surface area (TPSA) is 83.7 Å². The Hall–Kier alpha value is -2.88. The van der Waals surface area contributed by atoms with Crippen molar-refractivity contribution in [2.45, 2.75) is 24.0 Å². The standard InChI is InChI=1S/C18H15F3N4O2S/c1-10-15(23-5-3-16(10)27-9-18(19,20)21)8-28(26)17-24-13-6-11-2-4-22-12(11)7-14(13)25-17/h2-7,22H,8-9H2,1H3,(H,24,25). The summed E-state index contributed by atoms with van der Waals surface area (Å²) in [6.45, 7) is 0.198. The van der Waals surface area contributed by atoms with Gasteiger partial charge in [0.15, 0.2) is 11.8 Å². The zero-order valence-electron chi connectivity index (χ0n) is 14.6. The highest BCUT2D eigenvalue weighted by Gasteiger charge is 2.29. The summed E-state index contributed by atoms with van der Waals surface area (Å²) in [4.78, 5) is 14.7. The van der Waals surface area contributed by atoms with Crippen LogP contribution in [0.1, 0.15) is 11.3 Å². The number of fused-ring (bicyclic) bond motifs is 2. The second-order valence-corrected chi connectivity index (χ2v) is 7.62. The third-order valence-electron chi connectivity index (χ3n) is 4.27. The summed E-state index contributed by atoms with van der Waals surface area (Å²) in [6, 6.07) is 7.05. The monoisotopic (exact) mass is 408 g/mol. The van der Waals surface area contributed by atoms with E-state index in [-0.39, 0.29) is 16.7 Å². The zero-order valence-corrected chi connectivity index (χ0v) is 15.4. The molecule has 0 radical (unpaired) electrons. The molecule has 4 aromatic rings. The molecule has 1 unspecified atom stereocenters. The van der Waals surface area contributed by atoms with Crippen LogP contribution in [0.2, 0.25) is 0 Å². The lowest BCUT2D eigenvalue weighted by Gasteiger charge is -2.13. The molecule has 6 nitrogen and oxygen atoms in total. The van der Waals surface area contributed by atoms with Crippen molar-refractivity contribution < 1.29 is 22.1 Å². The van der Waals surface area contributed by atoms with Gasteiger partial charge in [0, 0.05) is 28.9 Å². The summed E-state index contributed by atoms with van der Waals surface area (Å²) in [7, 11) is -1.55. The van der Waals surface area contributed by atoms with E-state index in [9.17, 15) is 17.4 Å². The van der Waals surface area contributed by atoms with Gasteiger partial charge in [-0.2, -0.15) is 13.2 Å². The van der Waals surface area contributed by atoms with Crippen LogP contribution in [-0.2, 0) is 16.6 Å². The number of aromatic amines is 2. The Morgan fingerprint density at radius 1 is 1.21 bits per heavy atom. The highest BCUT2D eigenvalue weighted by atomic mass is 32.2. The molecule has 10 heteroatoms. The summed E-state index contributed by atoms with van der Waals surface area (Å²) < 4.78 is 54.7. The summed E-state index contributed by atoms with van der Waals surface area (Å²) in [5.41, 5.74) is 3.16. The molecule has 2 N–H and O–H groups in total. The number of rotatable bonds is 5. The van der Waals surface area contributed by atoms with Crippen LogP contribution in [0, 0.1) is 6.92 Å². The highest BCUT2D eigenvalue weighted by molar-refractivity contribution is 7.84. The maximum atomic E-state index is 12.7. The van der Waals surface area contributed by atoms with Crippen LogP contribution in [0.3, 0.4) is 0 Å². The van der Waals surface area contributed by atoms with Crippen LogP contribution in [-0.4, -0.2) is 36.9 Å². The average Bonchev–Trinajstić information content (AvgIpc) is 3.25. The maximum Gasteiger partial charge on any atom is 0.422 e. The minimum Gasteiger partial charge on any atom is -0.484 e. The number of hydrogen-bond acceptors (Lipinski definition) is 4. The van der Waals surface area contributed by atoms with Gasteiger partial charge in [-0.3, -0.25) is 9.19 Å². The largest absolute Gasteiger partial charge is 0.484 e. The molecule has 0 amide bonds. The normalized spacial score (nSPS) is 13.3. The number of nitrogens with zero attached hydrogens (tertiary/aromatic N) is 2. The van der Waals surface area contributed by atoms with Crippen molar-refractivity contribution in [3.05, 3.63) is 47.9 Å². The lowest BCUT2D eigenvalue weighted by molar-refractivity contribution is -0.153. The van der Waals surface area contributed by atoms with Gasteiger partial charge in [-0.15, -0.1) is 0 Å². The fourth-order valence-electron chi connectivity index (χ4n) is 2.86. The van der Waals surface area contributed by atoms with Gasteiger partial charge in [0.25, 0.3) is 0 Å². The third kappa shape index (κ3) is 3.72. The van der Waals surface area contributed by atoms with E-state index in [0.29, 0.717) is 16.8 Å². The van der Waals surface area contributed by atoms with Crippen LogP contribution in [0.15, 0.2) is 41.8 Å². The molecular weight excluding hydrogens is 393 g/mol. The van der Waals surface area contributed by atoms with Crippen LogP contribution < -0.4 is 4.74 Å². The summed E-state index contributed by atoms with van der Waals surface area (Å²) in [5, 5.41) is 1.28. The highest BCUT2D eigenvalue weighted by Crippen LogP contribution is 2.25. The number of alkyl halides is 3. The lowest BCUT2D eigenvalue weighted by Crippen LogP contribution is -2.19. The Labute approximate surface area is 159 Å². The van der Waals surface area contributed by atoms with Crippen molar-refractivity contribution in [1.82, 2.24) is 19.9 Å². The predicted molar refractivity (Wildman–Crippen MR) is 98.6 cm³/mol. The molecule has 1 atom stereocenters. The fourth-order valence-corrected chi connectivity index (χ4v) is 3.96. The zero-order chi connectivity index (χ0) is 19.9. The number of pyridine rings is 1. The molecule has 0 bridgehead atoms. The van der Waals surface area contributed by atoms with E-state index in [2.05, 4.69) is 19.9 Å². The number of halogens is 3. The summed E-state index contributed by atoms with van der Waals surface area (Å²) in [6.07, 6.45) is -1.27. The number of hydrogen-bond donors (Lipinski definition) is 2. The van der Waals surface area contributed by atoms with E-state index in [1.54, 1.807) is 6.92 Å². The van der Waals surface area contributed by atoms with E-state index >= 15 is 0 Å². The van der Waals surface area contributed by atoms with Crippen molar-refractivity contribution in [3.63, 3.8) is 0 Å². The molecule has 1 aromatic carbocycles. The van der Waals surface area contributed by atoms with Crippen LogP contribution in [0.5, 0.6) is 5.75 Å². The van der Waals surface area contributed by atoms with E-state index in [1.165, 1.54) is 12.3 Å². The minimum atomic E-state index is -4.43. The number of benzene rings is 1. The molecule has 0 aliphatic carbocycles. The Morgan fingerprint density at radius 3 is 2.82 bits per heavy atom. The average molecular weight is 408 g/mol. The van der Waals surface area contributed by atoms with Crippen LogP contribution in [0.4, 0.5) is 13.2 Å². The Morgan fingerprint density at radius 2 is 2.04 bits per heavy atom. The molecule has 28 heavy (non-hydrogen) atoms. The smallest absolute Gasteiger partial charge is 0.422 e. The van der Waals surface area contributed by atoms with E-state index in [1.807, 2.05) is 24.4 Å². The Bertz CT molecular complexity index is 1130. The SMILES string of the molecule is Cc1c(OCC(F)(F)F)ccnc1CS(=O)c1nc2cc3[nH]ccc3cc2[nH]1. The van der Waals surface area contributed by atoms with E-state index < -0.39 is 23.6 Å². The minimum absolute atomic E-state index is 0.00669. The van der Waals surface area contributed by atoms with Crippen molar-refractivity contribution in [1.29, 1.82) is 0 Å². The number of H-pyrrole nitrogens is 2. The van der Waals surface area contributed by atoms with Gasteiger partial charge < -0.3 is 14.7 Å². The molecule has 4 rings (SSSR count). The lowest BCUT2D eigenvalue weighted by atomic mass is 10.2. The summed E-state index contributed by atoms with van der Waals surface area (Å²) in [5.74, 6) is 0.0745. The van der Waals surface area contributed by atoms with Crippen LogP contribution >= 0.6 is 0 Å². The maximum absolute atomic E-state index is 12.7. The Kier molecular flexibility index (Phi) is 4.58. The molecule has 0 aliphatic rings. The molecule has 3 heterocycles. The molecule has 0 spiro atoms. The van der Waals surface area contributed by atoms with Crippen molar-refractivity contribution in [2.24, 2.45) is 0 Å². The molecule has 0 saturated heterocycles. The molecule has 0 aliphatic heterocycles. The number of ether oxygens (including phenoxy) is 1. The van der Waals surface area contributed by atoms with Gasteiger partial charge >= 0.3 is 6.18 Å². The van der Waals surface area contributed by atoms with Crippen LogP contribution in [0.25, 0.3) is 21.9 Å². The first-order chi connectivity index (χ1) is 13.3. The molecule has 3 aromatic heterocycles. The second-order valence-electron chi connectivity index (χ2n) is 6.25. The van der Waals surface area contributed by atoms with Gasteiger partial charge in [0.2, 0.25) is 0 Å². The summed E-state index contributed by atoms with van der Waals surface area (Å²) >= 11 is 0. The number of aromatic nitrogens is 4. The molecular formula is C18H15F3N4O2S. The molecule has 0 fully saturated rings. The third-order valence-corrected chi connectivity index (χ3v) is 5.43. The quantitative estimate of drug-likeness (QED) is 0.523. The first kappa shape index (κ1) is 18.5. The van der Waals surface area contributed by atoms with Gasteiger partial charge in [-0.25, -0.2) is 4.98 Å². The van der Waals surface area contributed by atoms with Crippen molar-refractivity contribution in [3.8, 4) is 5.75 Å². The van der Waals surface area contributed by atoms with E-state index in [0.717, 1.165) is 16.4 Å². The van der Waals surface area contributed by atoms with Gasteiger partial charge in [-0.1, -0.05) is 0 Å². The van der Waals surface area contributed by atoms with Gasteiger partial charge in [-0.05, 0) is 31.2 Å². The van der Waals surface area contributed by atoms with Crippen molar-refractivity contribution in [2.75, 3.05) is 6.61 Å². The Balaban J connectivity index is 1.57. The van der Waals surface area contributed by atoms with Crippen molar-refractivity contribution >= 4 is 32.7 Å². The first-order valence-electron chi connectivity index (χ1n) is 8.29. The predicted octanol–water partition coefficient (Wildman–Crippen LogP) is 4.00. The van der Waals surface area contributed by atoms with E-state index in [4.69, 9.17) is 4.74 Å².